The van der Waals surface area contributed by atoms with E-state index in [1.165, 1.54) is 48.8 Å². The molecule has 0 unspecified atom stereocenters. The van der Waals surface area contributed by atoms with E-state index in [0.29, 0.717) is 17.6 Å². The lowest BCUT2D eigenvalue weighted by atomic mass is 9.53. The monoisotopic (exact) mass is 416 g/mol. The van der Waals surface area contributed by atoms with Crippen LogP contribution in [0, 0.1) is 23.7 Å². The van der Waals surface area contributed by atoms with Crippen LogP contribution in [0.25, 0.3) is 5.57 Å². The third-order valence-corrected chi connectivity index (χ3v) is 7.17. The van der Waals surface area contributed by atoms with Crippen molar-refractivity contribution in [3.8, 4) is 5.75 Å². The van der Waals surface area contributed by atoms with Crippen LogP contribution in [0.15, 0.2) is 59.2 Å². The number of hydrazine groups is 1. The summed E-state index contributed by atoms with van der Waals surface area (Å²) in [6.07, 6.45) is 8.31. The fourth-order valence-electron chi connectivity index (χ4n) is 6.16. The first-order valence-corrected chi connectivity index (χ1v) is 11.0. The van der Waals surface area contributed by atoms with Crippen LogP contribution < -0.4 is 16.7 Å². The van der Waals surface area contributed by atoms with E-state index < -0.39 is 6.03 Å². The van der Waals surface area contributed by atoms with Crippen LogP contribution >= 0.6 is 0 Å². The van der Waals surface area contributed by atoms with E-state index in [1.54, 1.807) is 23.9 Å². The highest BCUT2D eigenvalue weighted by Crippen LogP contribution is 2.58. The van der Waals surface area contributed by atoms with Crippen LogP contribution in [0.4, 0.5) is 4.79 Å². The molecule has 4 aliphatic carbocycles. The molecule has 4 saturated carbocycles. The van der Waals surface area contributed by atoms with E-state index in [-0.39, 0.29) is 0 Å². The molecular formula is C25H28N4O2. The maximum Gasteiger partial charge on any atom is 0.349 e. The minimum atomic E-state index is -0.561. The lowest BCUT2D eigenvalue weighted by Gasteiger charge is -2.52. The molecule has 4 fully saturated rings. The molecule has 160 valence electrons. The Morgan fingerprint density at radius 2 is 1.45 bits per heavy atom. The summed E-state index contributed by atoms with van der Waals surface area (Å²) < 4.78 is 0. The number of nitrogens with one attached hydrogen (secondary N) is 2. The zero-order chi connectivity index (χ0) is 21.4. The van der Waals surface area contributed by atoms with Gasteiger partial charge in [0.05, 0.1) is 6.21 Å². The van der Waals surface area contributed by atoms with E-state index in [0.717, 1.165) is 17.4 Å². The van der Waals surface area contributed by atoms with Crippen molar-refractivity contribution in [3.63, 3.8) is 0 Å². The summed E-state index contributed by atoms with van der Waals surface area (Å²) in [6.45, 7) is 0. The van der Waals surface area contributed by atoms with Crippen molar-refractivity contribution < 1.29 is 9.90 Å². The number of phenols is 1. The number of carbonyl (C=O) groups is 1. The molecule has 2 aromatic rings. The summed E-state index contributed by atoms with van der Waals surface area (Å²) >= 11 is 0. The summed E-state index contributed by atoms with van der Waals surface area (Å²) in [6, 6.07) is 15.3. The number of hydrazone groups is 1. The van der Waals surface area contributed by atoms with Crippen LogP contribution in [-0.4, -0.2) is 17.4 Å². The molecule has 0 saturated heterocycles. The number of amides is 2. The number of hydrogen-bond donors (Lipinski definition) is 4. The third kappa shape index (κ3) is 3.95. The molecule has 6 heteroatoms. The quantitative estimate of drug-likeness (QED) is 0.261. The normalized spacial score (nSPS) is 26.3. The smallest absolute Gasteiger partial charge is 0.349 e. The van der Waals surface area contributed by atoms with E-state index in [9.17, 15) is 9.90 Å². The predicted octanol–water partition coefficient (Wildman–Crippen LogP) is 4.16. The number of nitrogens with two attached hydrogens (primary N) is 1. The van der Waals surface area contributed by atoms with E-state index in [4.69, 9.17) is 5.84 Å². The molecule has 0 aliphatic heterocycles. The zero-order valence-corrected chi connectivity index (χ0v) is 17.4. The number of aromatic hydroxyl groups is 1. The van der Waals surface area contributed by atoms with Gasteiger partial charge in [-0.25, -0.2) is 16.1 Å². The molecule has 2 amide bonds. The van der Waals surface area contributed by atoms with Crippen molar-refractivity contribution in [2.24, 2.45) is 34.6 Å². The molecule has 4 aliphatic rings. The van der Waals surface area contributed by atoms with Crippen LogP contribution in [0.1, 0.15) is 48.8 Å². The lowest BCUT2D eigenvalue weighted by Crippen LogP contribution is -2.40. The van der Waals surface area contributed by atoms with Gasteiger partial charge in [-0.1, -0.05) is 42.0 Å². The number of hydrogen-bond acceptors (Lipinski definition) is 4. The maximum absolute atomic E-state index is 11.1. The summed E-state index contributed by atoms with van der Waals surface area (Å²) in [5, 5.41) is 13.7. The van der Waals surface area contributed by atoms with Crippen molar-refractivity contribution in [1.82, 2.24) is 10.9 Å². The Bertz CT molecular complexity index is 994. The highest BCUT2D eigenvalue weighted by molar-refractivity contribution is 5.86. The SMILES string of the molecule is NNC(=O)N/N=C/c1ccc(C(=C2C3CC4CC(C3)CC2C4)c2ccc(O)cc2)cc1. The number of rotatable bonds is 4. The van der Waals surface area contributed by atoms with Crippen molar-refractivity contribution in [3.05, 3.63) is 70.8 Å². The zero-order valence-electron chi connectivity index (χ0n) is 17.4. The van der Waals surface area contributed by atoms with E-state index in [2.05, 4.69) is 22.7 Å². The Labute approximate surface area is 182 Å². The number of nitrogens with zero attached hydrogens (tertiary/aromatic N) is 1. The lowest BCUT2D eigenvalue weighted by molar-refractivity contribution is 0.0705. The second kappa shape index (κ2) is 8.19. The van der Waals surface area contributed by atoms with Gasteiger partial charge in [0.1, 0.15) is 5.75 Å². The van der Waals surface area contributed by atoms with Gasteiger partial charge >= 0.3 is 6.03 Å². The van der Waals surface area contributed by atoms with Gasteiger partial charge in [0.15, 0.2) is 0 Å². The molecule has 2 aromatic carbocycles. The van der Waals surface area contributed by atoms with Crippen molar-refractivity contribution in [2.45, 2.75) is 32.1 Å². The van der Waals surface area contributed by atoms with Gasteiger partial charge < -0.3 is 5.11 Å². The largest absolute Gasteiger partial charge is 0.508 e. The first-order valence-electron chi connectivity index (χ1n) is 11.0. The summed E-state index contributed by atoms with van der Waals surface area (Å²) in [5.74, 6) is 8.50. The second-order valence-corrected chi connectivity index (χ2v) is 9.15. The minimum absolute atomic E-state index is 0.291. The van der Waals surface area contributed by atoms with Gasteiger partial charge in [-0.3, -0.25) is 5.43 Å². The number of allylic oxidation sites excluding steroid dienone is 1. The summed E-state index contributed by atoms with van der Waals surface area (Å²) in [7, 11) is 0. The van der Waals surface area contributed by atoms with E-state index >= 15 is 0 Å². The van der Waals surface area contributed by atoms with Crippen LogP contribution in [0.2, 0.25) is 0 Å². The number of urea groups is 1. The summed E-state index contributed by atoms with van der Waals surface area (Å²) in [5.41, 5.74) is 10.5. The van der Waals surface area contributed by atoms with Crippen LogP contribution in [0.3, 0.4) is 0 Å². The number of phenolic OH excluding ortho intramolecular Hbond substituents is 1. The highest BCUT2D eigenvalue weighted by Gasteiger charge is 2.46. The van der Waals surface area contributed by atoms with Crippen molar-refractivity contribution >= 4 is 17.8 Å². The molecule has 4 bridgehead atoms. The van der Waals surface area contributed by atoms with E-state index in [1.807, 2.05) is 29.7 Å². The fraction of sp³-hybridized carbons (Fsp3) is 0.360. The molecule has 0 atom stereocenters. The molecule has 0 spiro atoms. The molecule has 31 heavy (non-hydrogen) atoms. The predicted molar refractivity (Wildman–Crippen MR) is 121 cm³/mol. The molecule has 0 heterocycles. The number of benzene rings is 2. The van der Waals surface area contributed by atoms with Gasteiger partial charge in [-0.15, -0.1) is 0 Å². The fourth-order valence-corrected chi connectivity index (χ4v) is 6.16. The third-order valence-electron chi connectivity index (χ3n) is 7.17. The molecule has 0 aromatic heterocycles. The van der Waals surface area contributed by atoms with Gasteiger partial charge in [0.2, 0.25) is 0 Å². The van der Waals surface area contributed by atoms with Gasteiger partial charge in [-0.05, 0) is 90.2 Å². The Morgan fingerprint density at radius 1 is 0.903 bits per heavy atom. The molecule has 0 radical (unpaired) electrons. The Morgan fingerprint density at radius 3 is 2.00 bits per heavy atom. The van der Waals surface area contributed by atoms with Gasteiger partial charge in [0.25, 0.3) is 0 Å². The van der Waals surface area contributed by atoms with Gasteiger partial charge in [0, 0.05) is 0 Å². The topological polar surface area (TPSA) is 99.7 Å². The Hall–Kier alpha value is -3.12. The first-order chi connectivity index (χ1) is 15.1. The second-order valence-electron chi connectivity index (χ2n) is 9.15. The van der Waals surface area contributed by atoms with Crippen LogP contribution in [-0.2, 0) is 0 Å². The summed E-state index contributed by atoms with van der Waals surface area (Å²) in [4.78, 5) is 11.1. The standard InChI is InChI=1S/C25H28N4O2/c26-28-25(31)29-27-14-15-1-3-18(4-2-15)23(19-5-7-22(30)8-6-19)24-20-10-16-9-17(12-20)13-21(24)11-16/h1-8,14,16-17,20-21,30H,9-13,26H2,(H2,28,29,31)/b24-23?,27-14+. The first kappa shape index (κ1) is 19.8. The molecule has 6 nitrogen and oxygen atoms in total. The average Bonchev–Trinajstić information content (AvgIpc) is 2.77. The van der Waals surface area contributed by atoms with Gasteiger partial charge in [-0.2, -0.15) is 5.10 Å². The molecular weight excluding hydrogens is 388 g/mol. The molecule has 6 rings (SSSR count). The average molecular weight is 417 g/mol. The number of carbonyl (C=O) groups excluding carboxylic acids is 1. The highest BCUT2D eigenvalue weighted by atomic mass is 16.3. The van der Waals surface area contributed by atoms with Crippen molar-refractivity contribution in [2.75, 3.05) is 0 Å². The minimum Gasteiger partial charge on any atom is -0.508 e. The van der Waals surface area contributed by atoms with Crippen LogP contribution in [0.5, 0.6) is 5.75 Å². The Kier molecular flexibility index (Phi) is 5.24. The molecule has 5 N–H and O–H groups in total. The van der Waals surface area contributed by atoms with Crippen molar-refractivity contribution in [1.29, 1.82) is 0 Å². The maximum atomic E-state index is 11.1. The Balaban J connectivity index is 1.51.